The SMILES string of the molecule is CN(C)[C@@H]1CCCN(c2nccn3c(-c4cc5nnn(CC(C)(C)O)c5cc4F)c(-c4ccc(C#N)c(F)c4)nc23)C1. The average molecular weight is 572 g/mol. The van der Waals surface area contributed by atoms with E-state index in [2.05, 4.69) is 39.2 Å². The largest absolute Gasteiger partial charge is 0.389 e. The van der Waals surface area contributed by atoms with Gasteiger partial charge in [0.15, 0.2) is 11.5 Å². The topological polar surface area (TPSA) is 111 Å². The molecule has 0 saturated carbocycles. The highest BCUT2D eigenvalue weighted by Crippen LogP contribution is 2.38. The molecule has 0 aliphatic carbocycles. The van der Waals surface area contributed by atoms with Crippen molar-refractivity contribution in [1.29, 1.82) is 5.26 Å². The van der Waals surface area contributed by atoms with Crippen molar-refractivity contribution in [3.05, 3.63) is 59.9 Å². The number of benzene rings is 2. The third-order valence-electron chi connectivity index (χ3n) is 7.71. The number of fused-ring (bicyclic) bond motifs is 2. The van der Waals surface area contributed by atoms with Crippen LogP contribution in [0.15, 0.2) is 42.7 Å². The van der Waals surface area contributed by atoms with Gasteiger partial charge in [0, 0.05) is 48.7 Å². The first-order valence-electron chi connectivity index (χ1n) is 13.8. The molecule has 12 heteroatoms. The fourth-order valence-corrected chi connectivity index (χ4v) is 5.62. The molecular weight excluding hydrogens is 540 g/mol. The van der Waals surface area contributed by atoms with Crippen LogP contribution in [0, 0.1) is 23.0 Å². The van der Waals surface area contributed by atoms with Crippen LogP contribution in [-0.4, -0.2) is 78.2 Å². The highest BCUT2D eigenvalue weighted by atomic mass is 19.1. The predicted molar refractivity (Wildman–Crippen MR) is 155 cm³/mol. The van der Waals surface area contributed by atoms with Crippen LogP contribution in [-0.2, 0) is 6.54 Å². The van der Waals surface area contributed by atoms with Crippen molar-refractivity contribution in [2.75, 3.05) is 32.1 Å². The van der Waals surface area contributed by atoms with Crippen LogP contribution >= 0.6 is 0 Å². The zero-order chi connectivity index (χ0) is 29.8. The quantitative estimate of drug-likeness (QED) is 0.322. The predicted octanol–water partition coefficient (Wildman–Crippen LogP) is 4.26. The Morgan fingerprint density at radius 1 is 1.17 bits per heavy atom. The molecule has 4 heterocycles. The highest BCUT2D eigenvalue weighted by molar-refractivity contribution is 5.89. The second kappa shape index (κ2) is 10.4. The number of imidazole rings is 1. The van der Waals surface area contributed by atoms with Gasteiger partial charge in [0.1, 0.15) is 23.2 Å². The van der Waals surface area contributed by atoms with E-state index in [9.17, 15) is 14.8 Å². The first-order valence-corrected chi connectivity index (χ1v) is 13.8. The summed E-state index contributed by atoms with van der Waals surface area (Å²) in [5.74, 6) is -0.585. The molecule has 1 saturated heterocycles. The maximum absolute atomic E-state index is 16.1. The third kappa shape index (κ3) is 4.95. The zero-order valence-electron chi connectivity index (χ0n) is 23.9. The molecule has 5 aromatic rings. The van der Waals surface area contributed by atoms with Crippen molar-refractivity contribution >= 4 is 22.5 Å². The average Bonchev–Trinajstić information content (AvgIpc) is 3.52. The number of aromatic nitrogens is 6. The summed E-state index contributed by atoms with van der Waals surface area (Å²) in [6.45, 7) is 4.97. The minimum Gasteiger partial charge on any atom is -0.389 e. The van der Waals surface area contributed by atoms with Gasteiger partial charge in [0.25, 0.3) is 0 Å². The Morgan fingerprint density at radius 2 is 1.98 bits per heavy atom. The van der Waals surface area contributed by atoms with Gasteiger partial charge in [0.05, 0.1) is 34.6 Å². The number of anilines is 1. The number of likely N-dealkylation sites (N-methyl/N-ethyl adjacent to an activating group) is 1. The zero-order valence-corrected chi connectivity index (χ0v) is 23.9. The molecule has 0 radical (unpaired) electrons. The molecule has 0 unspecified atom stereocenters. The van der Waals surface area contributed by atoms with Gasteiger partial charge >= 0.3 is 0 Å². The Morgan fingerprint density at radius 3 is 2.69 bits per heavy atom. The fourth-order valence-electron chi connectivity index (χ4n) is 5.62. The van der Waals surface area contributed by atoms with Gasteiger partial charge in [-0.25, -0.2) is 23.4 Å². The first kappa shape index (κ1) is 27.7. The summed E-state index contributed by atoms with van der Waals surface area (Å²) < 4.78 is 34.2. The molecule has 1 aliphatic rings. The molecule has 42 heavy (non-hydrogen) atoms. The van der Waals surface area contributed by atoms with Crippen molar-refractivity contribution in [3.63, 3.8) is 0 Å². The van der Waals surface area contributed by atoms with Gasteiger partial charge in [-0.15, -0.1) is 5.10 Å². The van der Waals surface area contributed by atoms with E-state index in [1.165, 1.54) is 22.9 Å². The normalized spacial score (nSPS) is 16.1. The second-order valence-corrected chi connectivity index (χ2v) is 11.6. The molecule has 1 N–H and O–H groups in total. The molecule has 3 aromatic heterocycles. The lowest BCUT2D eigenvalue weighted by molar-refractivity contribution is 0.0585. The highest BCUT2D eigenvalue weighted by Gasteiger charge is 2.28. The van der Waals surface area contributed by atoms with Crippen LogP contribution in [0.2, 0.25) is 0 Å². The second-order valence-electron chi connectivity index (χ2n) is 11.6. The van der Waals surface area contributed by atoms with E-state index >= 15 is 4.39 Å². The number of hydrogen-bond donors (Lipinski definition) is 1. The molecule has 0 bridgehead atoms. The van der Waals surface area contributed by atoms with Crippen LogP contribution in [0.1, 0.15) is 32.3 Å². The van der Waals surface area contributed by atoms with E-state index in [1.54, 1.807) is 42.8 Å². The van der Waals surface area contributed by atoms with Gasteiger partial charge < -0.3 is 14.9 Å². The minimum atomic E-state index is -1.08. The van der Waals surface area contributed by atoms with E-state index in [0.717, 1.165) is 25.9 Å². The van der Waals surface area contributed by atoms with Gasteiger partial charge in [-0.1, -0.05) is 11.3 Å². The molecular formula is C30H31F2N9O. The van der Waals surface area contributed by atoms with E-state index in [-0.39, 0.29) is 17.7 Å². The summed E-state index contributed by atoms with van der Waals surface area (Å²) in [6.07, 6.45) is 5.43. The molecule has 1 fully saturated rings. The standard InChI is InChI=1S/C30H31F2N9O/c1-30(2,42)17-41-25-14-23(32)21(13-24(25)36-37-41)27-26(18-7-8-19(15-33)22(31)12-18)35-29-28(34-9-11-40(27)29)39-10-5-6-20(16-39)38(3)4/h7-9,11-14,20,42H,5-6,10,16-17H2,1-4H3/t20-/m1/s1. The number of rotatable bonds is 6. The van der Waals surface area contributed by atoms with Crippen molar-refractivity contribution in [1.82, 2.24) is 34.3 Å². The summed E-state index contributed by atoms with van der Waals surface area (Å²) in [4.78, 5) is 14.0. The van der Waals surface area contributed by atoms with Gasteiger partial charge in [-0.05, 0) is 59.0 Å². The summed E-state index contributed by atoms with van der Waals surface area (Å²) in [6, 6.07) is 9.37. The summed E-state index contributed by atoms with van der Waals surface area (Å²) in [5, 5.41) is 27.9. The number of halogens is 2. The van der Waals surface area contributed by atoms with Gasteiger partial charge in [-0.3, -0.25) is 4.40 Å². The van der Waals surface area contributed by atoms with Crippen molar-refractivity contribution in [3.8, 4) is 28.6 Å². The molecule has 0 amide bonds. The third-order valence-corrected chi connectivity index (χ3v) is 7.71. The maximum Gasteiger partial charge on any atom is 0.181 e. The van der Waals surface area contributed by atoms with E-state index in [4.69, 9.17) is 4.98 Å². The smallest absolute Gasteiger partial charge is 0.181 e. The van der Waals surface area contributed by atoms with Crippen molar-refractivity contribution in [2.24, 2.45) is 0 Å². The molecule has 1 aliphatic heterocycles. The monoisotopic (exact) mass is 571 g/mol. The van der Waals surface area contributed by atoms with E-state index < -0.39 is 17.2 Å². The molecule has 0 spiro atoms. The van der Waals surface area contributed by atoms with Crippen LogP contribution in [0.3, 0.4) is 0 Å². The van der Waals surface area contributed by atoms with Crippen LogP contribution in [0.4, 0.5) is 14.6 Å². The van der Waals surface area contributed by atoms with Crippen molar-refractivity contribution in [2.45, 2.75) is 44.9 Å². The van der Waals surface area contributed by atoms with Crippen LogP contribution < -0.4 is 4.90 Å². The molecule has 6 rings (SSSR count). The van der Waals surface area contributed by atoms with E-state index in [0.29, 0.717) is 45.5 Å². The molecule has 10 nitrogen and oxygen atoms in total. The summed E-state index contributed by atoms with van der Waals surface area (Å²) >= 11 is 0. The Hall–Kier alpha value is -4.47. The summed E-state index contributed by atoms with van der Waals surface area (Å²) in [7, 11) is 4.12. The maximum atomic E-state index is 16.1. The fraction of sp³-hybridized carbons (Fsp3) is 0.367. The van der Waals surface area contributed by atoms with Gasteiger partial charge in [-0.2, -0.15) is 5.26 Å². The van der Waals surface area contributed by atoms with Gasteiger partial charge in [0.2, 0.25) is 0 Å². The number of nitriles is 1. The Kier molecular flexibility index (Phi) is 6.87. The van der Waals surface area contributed by atoms with Crippen molar-refractivity contribution < 1.29 is 13.9 Å². The number of hydrogen-bond acceptors (Lipinski definition) is 8. The van der Waals surface area contributed by atoms with E-state index in [1.807, 2.05) is 6.07 Å². The lowest BCUT2D eigenvalue weighted by atomic mass is 10.0. The molecule has 2 aromatic carbocycles. The van der Waals surface area contributed by atoms with Crippen LogP contribution in [0.5, 0.6) is 0 Å². The summed E-state index contributed by atoms with van der Waals surface area (Å²) in [5.41, 5.74) is 1.55. The number of aliphatic hydroxyl groups is 1. The Bertz CT molecular complexity index is 1850. The first-order chi connectivity index (χ1) is 20.0. The lowest BCUT2D eigenvalue weighted by Crippen LogP contribution is -2.45. The number of nitrogens with zero attached hydrogens (tertiary/aromatic N) is 9. The Balaban J connectivity index is 1.57. The Labute approximate surface area is 241 Å². The molecule has 216 valence electrons. The molecule has 1 atom stereocenters. The lowest BCUT2D eigenvalue weighted by Gasteiger charge is -2.36. The van der Waals surface area contributed by atoms with Crippen LogP contribution in [0.25, 0.3) is 39.2 Å². The number of piperidine rings is 1. The minimum absolute atomic E-state index is 0.0921.